The van der Waals surface area contributed by atoms with Crippen LogP contribution in [0.1, 0.15) is 40.0 Å². The topological polar surface area (TPSA) is 50.1 Å². The van der Waals surface area contributed by atoms with Gasteiger partial charge < -0.3 is 5.73 Å². The smallest absolute Gasteiger partial charge is 0.103 e. The van der Waals surface area contributed by atoms with Gasteiger partial charge in [0.2, 0.25) is 0 Å². The summed E-state index contributed by atoms with van der Waals surface area (Å²) in [5, 5.41) is 6.55. The lowest BCUT2D eigenvalue weighted by atomic mass is 10.0. The van der Waals surface area contributed by atoms with Crippen molar-refractivity contribution in [1.29, 1.82) is 0 Å². The number of unbranched alkanes of at least 4 members (excludes halogenated alkanes) is 1. The fourth-order valence-corrected chi connectivity index (χ4v) is 1.28. The first-order valence-corrected chi connectivity index (χ1v) is 5.91. The Morgan fingerprint density at radius 2 is 1.86 bits per heavy atom. The number of nitrogens with two attached hydrogens (primary N) is 1. The zero-order valence-electron chi connectivity index (χ0n) is 9.64. The van der Waals surface area contributed by atoms with Crippen LogP contribution < -0.4 is 16.4 Å². The van der Waals surface area contributed by atoms with E-state index in [0.29, 0.717) is 0 Å². The van der Waals surface area contributed by atoms with Crippen LogP contribution in [0.25, 0.3) is 0 Å². The maximum atomic E-state index is 5.86. The minimum Gasteiger partial charge on any atom is -0.326 e. The summed E-state index contributed by atoms with van der Waals surface area (Å²) in [6.07, 6.45) is 3.37. The van der Waals surface area contributed by atoms with E-state index in [4.69, 9.17) is 5.73 Å². The molecule has 0 aliphatic heterocycles. The summed E-state index contributed by atoms with van der Waals surface area (Å²) in [4.78, 5) is 0. The Morgan fingerprint density at radius 1 is 1.29 bits per heavy atom. The van der Waals surface area contributed by atoms with Crippen molar-refractivity contribution in [1.82, 2.24) is 10.6 Å². The molecule has 4 heteroatoms. The molecule has 0 saturated heterocycles. The van der Waals surface area contributed by atoms with E-state index in [1.54, 1.807) is 0 Å². The SMILES string of the molecule is CCCCNC(S)NCCC(C)(C)N. The highest BCUT2D eigenvalue weighted by molar-refractivity contribution is 7.80. The molecule has 0 aliphatic rings. The van der Waals surface area contributed by atoms with Gasteiger partial charge >= 0.3 is 0 Å². The van der Waals surface area contributed by atoms with Gasteiger partial charge in [0.1, 0.15) is 5.50 Å². The second kappa shape index (κ2) is 7.51. The minimum absolute atomic E-state index is 0.0869. The molecule has 4 N–H and O–H groups in total. The van der Waals surface area contributed by atoms with E-state index in [2.05, 4.69) is 30.2 Å². The Kier molecular flexibility index (Phi) is 7.64. The van der Waals surface area contributed by atoms with E-state index >= 15 is 0 Å². The molecule has 0 radical (unpaired) electrons. The van der Waals surface area contributed by atoms with Crippen molar-refractivity contribution in [2.75, 3.05) is 13.1 Å². The minimum atomic E-state index is -0.0933. The maximum absolute atomic E-state index is 5.86. The third-order valence-corrected chi connectivity index (χ3v) is 2.34. The van der Waals surface area contributed by atoms with Crippen molar-refractivity contribution >= 4 is 12.6 Å². The van der Waals surface area contributed by atoms with Crippen LogP contribution in [0.5, 0.6) is 0 Å². The first-order chi connectivity index (χ1) is 6.45. The van der Waals surface area contributed by atoms with Gasteiger partial charge in [-0.05, 0) is 39.8 Å². The molecule has 0 aromatic carbocycles. The van der Waals surface area contributed by atoms with Crippen LogP contribution in [-0.4, -0.2) is 24.1 Å². The monoisotopic (exact) mass is 219 g/mol. The third-order valence-electron chi connectivity index (χ3n) is 1.98. The van der Waals surface area contributed by atoms with Crippen LogP contribution in [-0.2, 0) is 0 Å². The molecule has 86 valence electrons. The Hall–Kier alpha value is 0.230. The van der Waals surface area contributed by atoms with Crippen LogP contribution in [0.4, 0.5) is 0 Å². The summed E-state index contributed by atoms with van der Waals surface area (Å²) in [5.41, 5.74) is 5.85. The van der Waals surface area contributed by atoms with Gasteiger partial charge in [-0.2, -0.15) is 0 Å². The molecular weight excluding hydrogens is 194 g/mol. The Labute approximate surface area is 93.6 Å². The fourth-order valence-electron chi connectivity index (χ4n) is 1.02. The van der Waals surface area contributed by atoms with Crippen molar-refractivity contribution < 1.29 is 0 Å². The zero-order valence-corrected chi connectivity index (χ0v) is 10.5. The highest BCUT2D eigenvalue weighted by Gasteiger charge is 2.10. The lowest BCUT2D eigenvalue weighted by molar-refractivity contribution is 0.436. The van der Waals surface area contributed by atoms with Gasteiger partial charge in [-0.25, -0.2) is 0 Å². The van der Waals surface area contributed by atoms with Gasteiger partial charge in [0, 0.05) is 5.54 Å². The molecule has 0 amide bonds. The van der Waals surface area contributed by atoms with Crippen molar-refractivity contribution in [3.63, 3.8) is 0 Å². The van der Waals surface area contributed by atoms with Gasteiger partial charge in [-0.3, -0.25) is 10.6 Å². The first-order valence-electron chi connectivity index (χ1n) is 5.39. The number of thiol groups is 1. The predicted octanol–water partition coefficient (Wildman–Crippen LogP) is 1.31. The van der Waals surface area contributed by atoms with Crippen LogP contribution in [0.2, 0.25) is 0 Å². The Morgan fingerprint density at radius 3 is 2.36 bits per heavy atom. The molecule has 0 spiro atoms. The second-order valence-corrected chi connectivity index (χ2v) is 4.92. The summed E-state index contributed by atoms with van der Waals surface area (Å²) in [5.74, 6) is 0. The summed E-state index contributed by atoms with van der Waals surface area (Å²) < 4.78 is 0. The first kappa shape index (κ1) is 14.2. The lowest BCUT2D eigenvalue weighted by Gasteiger charge is -2.20. The standard InChI is InChI=1S/C10H25N3S/c1-4-5-7-12-9(14)13-8-6-10(2,3)11/h9,12-14H,4-8,11H2,1-3H3. The van der Waals surface area contributed by atoms with E-state index < -0.39 is 0 Å². The van der Waals surface area contributed by atoms with Gasteiger partial charge in [-0.1, -0.05) is 13.3 Å². The van der Waals surface area contributed by atoms with E-state index in [1.165, 1.54) is 12.8 Å². The van der Waals surface area contributed by atoms with Gasteiger partial charge in [-0.15, -0.1) is 12.6 Å². The average molecular weight is 219 g/mol. The van der Waals surface area contributed by atoms with Crippen LogP contribution in [0.15, 0.2) is 0 Å². The number of hydrogen-bond donors (Lipinski definition) is 4. The van der Waals surface area contributed by atoms with Gasteiger partial charge in [0.05, 0.1) is 0 Å². The molecule has 0 aliphatic carbocycles. The predicted molar refractivity (Wildman–Crippen MR) is 66.6 cm³/mol. The fraction of sp³-hybridized carbons (Fsp3) is 1.00. The third kappa shape index (κ3) is 10.3. The Bertz CT molecular complexity index is 134. The molecule has 0 rings (SSSR count). The highest BCUT2D eigenvalue weighted by Crippen LogP contribution is 2.01. The van der Waals surface area contributed by atoms with Crippen LogP contribution in [0, 0.1) is 0 Å². The highest BCUT2D eigenvalue weighted by atomic mass is 32.1. The van der Waals surface area contributed by atoms with Crippen molar-refractivity contribution in [3.05, 3.63) is 0 Å². The molecule has 3 nitrogen and oxygen atoms in total. The van der Waals surface area contributed by atoms with Crippen LogP contribution >= 0.6 is 12.6 Å². The molecular formula is C10H25N3S. The lowest BCUT2D eigenvalue weighted by Crippen LogP contribution is -2.42. The second-order valence-electron chi connectivity index (χ2n) is 4.40. The van der Waals surface area contributed by atoms with Crippen LogP contribution in [0.3, 0.4) is 0 Å². The quantitative estimate of drug-likeness (QED) is 0.283. The maximum Gasteiger partial charge on any atom is 0.103 e. The van der Waals surface area contributed by atoms with Crippen molar-refractivity contribution in [3.8, 4) is 0 Å². The van der Waals surface area contributed by atoms with E-state index in [-0.39, 0.29) is 11.0 Å². The number of rotatable bonds is 8. The summed E-state index contributed by atoms with van der Waals surface area (Å²) in [7, 11) is 0. The van der Waals surface area contributed by atoms with E-state index in [9.17, 15) is 0 Å². The average Bonchev–Trinajstić information content (AvgIpc) is 2.02. The molecule has 1 atom stereocenters. The molecule has 0 fully saturated rings. The molecule has 0 saturated carbocycles. The van der Waals surface area contributed by atoms with E-state index in [0.717, 1.165) is 19.5 Å². The number of nitrogens with one attached hydrogen (secondary N) is 2. The van der Waals surface area contributed by atoms with Crippen molar-refractivity contribution in [2.24, 2.45) is 5.73 Å². The molecule has 0 aromatic heterocycles. The summed E-state index contributed by atoms with van der Waals surface area (Å²) in [6, 6.07) is 0. The number of hydrogen-bond acceptors (Lipinski definition) is 4. The van der Waals surface area contributed by atoms with Gasteiger partial charge in [0.25, 0.3) is 0 Å². The van der Waals surface area contributed by atoms with E-state index in [1.807, 2.05) is 13.8 Å². The summed E-state index contributed by atoms with van der Waals surface area (Å²) in [6.45, 7) is 8.17. The Balaban J connectivity index is 3.31. The van der Waals surface area contributed by atoms with Gasteiger partial charge in [0.15, 0.2) is 0 Å². The summed E-state index contributed by atoms with van der Waals surface area (Å²) >= 11 is 4.37. The molecule has 0 bridgehead atoms. The molecule has 1 unspecified atom stereocenters. The normalized spacial score (nSPS) is 14.4. The zero-order chi connectivity index (χ0) is 11.0. The molecule has 0 aromatic rings. The molecule has 14 heavy (non-hydrogen) atoms. The molecule has 0 heterocycles. The van der Waals surface area contributed by atoms with Crippen molar-refractivity contribution in [2.45, 2.75) is 51.1 Å². The largest absolute Gasteiger partial charge is 0.326 e.